The Morgan fingerprint density at radius 2 is 1.74 bits per heavy atom. The van der Waals surface area contributed by atoms with E-state index in [0.29, 0.717) is 38.1 Å². The quantitative estimate of drug-likeness (QED) is 0.210. The number of hydrogen-bond acceptors (Lipinski definition) is 6. The molecule has 216 valence electrons. The predicted octanol–water partition coefficient (Wildman–Crippen LogP) is 8.13. The van der Waals surface area contributed by atoms with Crippen LogP contribution in [-0.4, -0.2) is 33.2 Å². The third-order valence-electron chi connectivity index (χ3n) is 11.5. The van der Waals surface area contributed by atoms with E-state index in [1.807, 2.05) is 5.51 Å². The molecule has 11 rings (SSSR count). The second-order valence-electron chi connectivity index (χ2n) is 14.4. The molecular formula is C34H35FN4O2S. The molecule has 7 aliphatic carbocycles. The summed E-state index contributed by atoms with van der Waals surface area (Å²) >= 11 is 1.64. The van der Waals surface area contributed by atoms with Gasteiger partial charge in [0, 0.05) is 30.0 Å². The molecule has 0 saturated heterocycles. The number of anilines is 1. The number of aromatic nitrogens is 3. The number of carbonyl (C=O) groups excluding carboxylic acids is 1. The van der Waals surface area contributed by atoms with Crippen LogP contribution in [-0.2, 0) is 10.2 Å². The number of halogens is 1. The van der Waals surface area contributed by atoms with E-state index in [9.17, 15) is 9.18 Å². The minimum Gasteiger partial charge on any atom is -0.339 e. The van der Waals surface area contributed by atoms with E-state index in [2.05, 4.69) is 57.5 Å². The highest BCUT2D eigenvalue weighted by molar-refractivity contribution is 7.16. The van der Waals surface area contributed by atoms with Gasteiger partial charge in [0.05, 0.1) is 15.7 Å². The van der Waals surface area contributed by atoms with E-state index in [4.69, 9.17) is 9.51 Å². The fourth-order valence-corrected chi connectivity index (χ4v) is 9.51. The molecule has 7 aliphatic rings. The number of hydrogen-bond donors (Lipinski definition) is 0. The van der Waals surface area contributed by atoms with Crippen molar-refractivity contribution in [2.24, 2.45) is 10.8 Å². The monoisotopic (exact) mass is 582 g/mol. The Morgan fingerprint density at radius 1 is 0.976 bits per heavy atom. The first-order chi connectivity index (χ1) is 20.3. The molecule has 0 unspecified atom stereocenters. The van der Waals surface area contributed by atoms with Gasteiger partial charge in [0.15, 0.2) is 5.82 Å². The lowest BCUT2D eigenvalue weighted by molar-refractivity contribution is -0.215. The van der Waals surface area contributed by atoms with Crippen molar-refractivity contribution in [1.82, 2.24) is 15.1 Å². The van der Waals surface area contributed by atoms with Gasteiger partial charge in [-0.1, -0.05) is 23.4 Å². The zero-order chi connectivity index (χ0) is 28.2. The average Bonchev–Trinajstić information content (AvgIpc) is 3.51. The highest BCUT2D eigenvalue weighted by atomic mass is 32.1. The fourth-order valence-electron chi connectivity index (χ4n) is 8.79. The van der Waals surface area contributed by atoms with Gasteiger partial charge in [0.2, 0.25) is 11.8 Å². The summed E-state index contributed by atoms with van der Waals surface area (Å²) in [6.07, 6.45) is 10.7. The number of fused-ring (bicyclic) bond motifs is 4. The van der Waals surface area contributed by atoms with Gasteiger partial charge in [-0.15, -0.1) is 11.3 Å². The molecule has 2 aromatic heterocycles. The third-order valence-corrected chi connectivity index (χ3v) is 12.2. The topological polar surface area (TPSA) is 72.1 Å². The SMILES string of the molecule is O=C(CC12CC(F)(C1)C2)N(CC12CCC(c3nc(C4CC4)no3)(CC1)CC2)c1cccc(-c2ccc3ncsc3c2)c1. The summed E-state index contributed by atoms with van der Waals surface area (Å²) in [5, 5.41) is 4.33. The van der Waals surface area contributed by atoms with Crippen LogP contribution in [0, 0.1) is 10.8 Å². The van der Waals surface area contributed by atoms with Crippen LogP contribution in [0.2, 0.25) is 0 Å². The van der Waals surface area contributed by atoms with Crippen molar-refractivity contribution in [3.05, 3.63) is 59.7 Å². The number of alkyl halides is 1. The number of amides is 1. The normalized spacial score (nSPS) is 32.9. The van der Waals surface area contributed by atoms with Gasteiger partial charge in [-0.2, -0.15) is 4.98 Å². The molecule has 0 spiro atoms. The van der Waals surface area contributed by atoms with Gasteiger partial charge in [-0.05, 0) is 117 Å². The van der Waals surface area contributed by atoms with Crippen LogP contribution in [0.3, 0.4) is 0 Å². The van der Waals surface area contributed by atoms with Crippen molar-refractivity contribution >= 4 is 33.1 Å². The molecule has 0 N–H and O–H groups in total. The molecule has 7 fully saturated rings. The Labute approximate surface area is 248 Å². The molecule has 4 aromatic rings. The number of rotatable bonds is 8. The second kappa shape index (κ2) is 8.71. The molecule has 42 heavy (non-hydrogen) atoms. The molecule has 7 saturated carbocycles. The summed E-state index contributed by atoms with van der Waals surface area (Å²) in [6, 6.07) is 14.8. The van der Waals surface area contributed by atoms with Crippen LogP contribution in [0.25, 0.3) is 21.3 Å². The van der Waals surface area contributed by atoms with Gasteiger partial charge < -0.3 is 9.42 Å². The predicted molar refractivity (Wildman–Crippen MR) is 160 cm³/mol. The van der Waals surface area contributed by atoms with Crippen LogP contribution in [0.1, 0.15) is 94.7 Å². The first-order valence-corrected chi connectivity index (χ1v) is 16.5. The average molecular weight is 583 g/mol. The van der Waals surface area contributed by atoms with Crippen molar-refractivity contribution < 1.29 is 13.7 Å². The lowest BCUT2D eigenvalue weighted by atomic mass is 9.41. The maximum atomic E-state index is 14.4. The highest BCUT2D eigenvalue weighted by Gasteiger charge is 2.69. The molecule has 0 aliphatic heterocycles. The molecule has 2 heterocycles. The first-order valence-electron chi connectivity index (χ1n) is 15.6. The van der Waals surface area contributed by atoms with Crippen LogP contribution in [0.15, 0.2) is 52.5 Å². The van der Waals surface area contributed by atoms with Crippen molar-refractivity contribution in [1.29, 1.82) is 0 Å². The Hall–Kier alpha value is -3.13. The van der Waals surface area contributed by atoms with Crippen molar-refractivity contribution in [2.75, 3.05) is 11.4 Å². The third kappa shape index (κ3) is 4.00. The molecular weight excluding hydrogens is 547 g/mol. The summed E-state index contributed by atoms with van der Waals surface area (Å²) < 4.78 is 21.4. The van der Waals surface area contributed by atoms with E-state index in [1.54, 1.807) is 11.3 Å². The van der Waals surface area contributed by atoms with Gasteiger partial charge >= 0.3 is 0 Å². The Bertz CT molecular complexity index is 1680. The van der Waals surface area contributed by atoms with Gasteiger partial charge in [-0.25, -0.2) is 9.37 Å². The van der Waals surface area contributed by atoms with Gasteiger partial charge in [-0.3, -0.25) is 4.79 Å². The highest BCUT2D eigenvalue weighted by Crippen LogP contribution is 2.71. The Morgan fingerprint density at radius 3 is 2.48 bits per heavy atom. The van der Waals surface area contributed by atoms with Gasteiger partial charge in [0.1, 0.15) is 5.67 Å². The van der Waals surface area contributed by atoms with Crippen molar-refractivity contribution in [3.8, 4) is 11.1 Å². The Balaban J connectivity index is 0.998. The van der Waals surface area contributed by atoms with Crippen LogP contribution in [0.4, 0.5) is 10.1 Å². The number of thiazole rings is 1. The zero-order valence-electron chi connectivity index (χ0n) is 23.8. The van der Waals surface area contributed by atoms with Crippen LogP contribution < -0.4 is 4.90 Å². The summed E-state index contributed by atoms with van der Waals surface area (Å²) in [6.45, 7) is 0.716. The smallest absolute Gasteiger partial charge is 0.232 e. The van der Waals surface area contributed by atoms with E-state index >= 15 is 0 Å². The largest absolute Gasteiger partial charge is 0.339 e. The number of carbonyl (C=O) groups is 1. The summed E-state index contributed by atoms with van der Waals surface area (Å²) in [4.78, 5) is 25.5. The van der Waals surface area contributed by atoms with Gasteiger partial charge in [0.25, 0.3) is 0 Å². The minimum atomic E-state index is -0.997. The summed E-state index contributed by atoms with van der Waals surface area (Å²) in [5.41, 5.74) is 5.02. The number of nitrogens with zero attached hydrogens (tertiary/aromatic N) is 4. The van der Waals surface area contributed by atoms with E-state index in [1.165, 1.54) is 12.8 Å². The van der Waals surface area contributed by atoms with Crippen LogP contribution in [0.5, 0.6) is 0 Å². The molecule has 2 aromatic carbocycles. The van der Waals surface area contributed by atoms with E-state index in [0.717, 1.165) is 77.3 Å². The molecule has 8 heteroatoms. The fraction of sp³-hybridized carbons (Fsp3) is 0.529. The molecule has 6 nitrogen and oxygen atoms in total. The first kappa shape index (κ1) is 25.4. The maximum absolute atomic E-state index is 14.4. The van der Waals surface area contributed by atoms with E-state index in [-0.39, 0.29) is 22.2 Å². The summed E-state index contributed by atoms with van der Waals surface area (Å²) in [7, 11) is 0. The van der Waals surface area contributed by atoms with Crippen molar-refractivity contribution in [2.45, 2.75) is 94.1 Å². The molecule has 0 atom stereocenters. The zero-order valence-corrected chi connectivity index (χ0v) is 24.6. The summed E-state index contributed by atoms with van der Waals surface area (Å²) in [5.74, 6) is 2.39. The van der Waals surface area contributed by atoms with Crippen LogP contribution >= 0.6 is 11.3 Å². The minimum absolute atomic E-state index is 0.00673. The standard InChI is InChI=1S/C34H35FN4O2S/c35-34-17-32(18-34,19-34)16-28(40)39(25-3-1-2-23(14-25)24-6-7-26-27(15-24)42-21-36-26)20-31-8-11-33(12-9-31,13-10-31)30-37-29(38-41-30)22-4-5-22/h1-3,6-7,14-15,21-22H,4-5,8-13,16-20H2. The molecule has 4 bridgehead atoms. The van der Waals surface area contributed by atoms with Crippen molar-refractivity contribution in [3.63, 3.8) is 0 Å². The maximum Gasteiger partial charge on any atom is 0.232 e. The van der Waals surface area contributed by atoms with E-state index < -0.39 is 5.67 Å². The Kier molecular flexibility index (Phi) is 5.26. The lowest BCUT2D eigenvalue weighted by Crippen LogP contribution is -2.65. The molecule has 1 amide bonds. The number of benzene rings is 2. The lowest BCUT2D eigenvalue weighted by Gasteiger charge is -2.66. The second-order valence-corrected chi connectivity index (χ2v) is 15.3. The molecule has 0 radical (unpaired) electrons.